The largest absolute Gasteiger partial charge is 0.207 e. The summed E-state index contributed by atoms with van der Waals surface area (Å²) in [5, 5.41) is 37.4. The van der Waals surface area contributed by atoms with Crippen molar-refractivity contribution in [3.05, 3.63) is 82.2 Å². The topological polar surface area (TPSA) is 95.2 Å². The first-order valence-corrected chi connectivity index (χ1v) is 8.77. The summed E-state index contributed by atoms with van der Waals surface area (Å²) < 4.78 is 55.5. The first-order valence-electron chi connectivity index (χ1n) is 8.77. The van der Waals surface area contributed by atoms with Crippen LogP contribution in [-0.2, 0) is 0 Å². The fourth-order valence-corrected chi connectivity index (χ4v) is 3.20. The molecular weight excluding hydrogens is 420 g/mol. The maximum Gasteiger partial charge on any atom is 0.137 e. The molecule has 0 atom stereocenters. The first-order chi connectivity index (χ1) is 15.3. The summed E-state index contributed by atoms with van der Waals surface area (Å²) in [5.41, 5.74) is -1.11. The fourth-order valence-electron chi connectivity index (χ4n) is 3.20. The van der Waals surface area contributed by atoms with Gasteiger partial charge < -0.3 is 0 Å². The van der Waals surface area contributed by atoms with Crippen LogP contribution in [0.1, 0.15) is 0 Å². The third kappa shape index (κ3) is 4.17. The predicted octanol–water partition coefficient (Wildman–Crippen LogP) is 3.97. The van der Waals surface area contributed by atoms with Crippen LogP contribution in [0.3, 0.4) is 0 Å². The zero-order valence-electron chi connectivity index (χ0n) is 15.9. The maximum absolute atomic E-state index is 13.9. The van der Waals surface area contributed by atoms with Gasteiger partial charge in [0, 0.05) is 22.6 Å². The van der Waals surface area contributed by atoms with Crippen LogP contribution in [0, 0.1) is 68.6 Å². The van der Waals surface area contributed by atoms with Crippen molar-refractivity contribution >= 4 is 11.1 Å². The van der Waals surface area contributed by atoms with Gasteiger partial charge in [0.15, 0.2) is 0 Å². The molecule has 0 fully saturated rings. The lowest BCUT2D eigenvalue weighted by molar-refractivity contribution is 0.583. The molecule has 0 amide bonds. The lowest BCUT2D eigenvalue weighted by atomic mass is 9.92. The van der Waals surface area contributed by atoms with Gasteiger partial charge in [0.1, 0.15) is 58.7 Å². The number of benzene rings is 3. The molecule has 0 aliphatic carbocycles. The van der Waals surface area contributed by atoms with Crippen LogP contribution in [0.25, 0.3) is 33.4 Å². The van der Waals surface area contributed by atoms with Gasteiger partial charge in [-0.05, 0) is 58.7 Å². The second-order valence-electron chi connectivity index (χ2n) is 6.46. The van der Waals surface area contributed by atoms with Crippen molar-refractivity contribution < 1.29 is 17.6 Å². The molecular formula is C24H8F4N4. The Morgan fingerprint density at radius 2 is 0.750 bits per heavy atom. The Kier molecular flexibility index (Phi) is 6.02. The molecule has 4 nitrogen and oxygen atoms in total. The van der Waals surface area contributed by atoms with Gasteiger partial charge in [-0.25, -0.2) is 17.6 Å². The minimum Gasteiger partial charge on any atom is -0.207 e. The lowest BCUT2D eigenvalue weighted by Gasteiger charge is -2.10. The first kappa shape index (κ1) is 21.8. The lowest BCUT2D eigenvalue weighted by Crippen LogP contribution is -2.19. The van der Waals surface area contributed by atoms with Crippen molar-refractivity contribution in [1.82, 2.24) is 0 Å². The molecule has 8 heteroatoms. The van der Waals surface area contributed by atoms with Gasteiger partial charge in [-0.1, -0.05) is 0 Å². The van der Waals surface area contributed by atoms with Crippen molar-refractivity contribution in [2.45, 2.75) is 0 Å². The van der Waals surface area contributed by atoms with Gasteiger partial charge in [0.05, 0.1) is 0 Å². The molecule has 0 aliphatic heterocycles. The van der Waals surface area contributed by atoms with Crippen LogP contribution in [0.2, 0.25) is 0 Å². The highest BCUT2D eigenvalue weighted by molar-refractivity contribution is 5.85. The van der Waals surface area contributed by atoms with E-state index in [9.17, 15) is 38.6 Å². The molecule has 0 spiro atoms. The zero-order valence-corrected chi connectivity index (χ0v) is 15.9. The van der Waals surface area contributed by atoms with Crippen molar-refractivity contribution in [2.24, 2.45) is 0 Å². The van der Waals surface area contributed by atoms with Crippen LogP contribution in [0.5, 0.6) is 0 Å². The fraction of sp³-hybridized carbons (Fsp3) is 0. The molecule has 3 aromatic carbocycles. The van der Waals surface area contributed by atoms with E-state index in [1.165, 1.54) is 12.1 Å². The predicted molar refractivity (Wildman–Crippen MR) is 106 cm³/mol. The van der Waals surface area contributed by atoms with Gasteiger partial charge in [-0.15, -0.1) is 0 Å². The molecule has 0 aliphatic rings. The molecule has 32 heavy (non-hydrogen) atoms. The van der Waals surface area contributed by atoms with Crippen molar-refractivity contribution in [2.75, 3.05) is 0 Å². The molecule has 152 valence electrons. The molecule has 3 aromatic rings. The van der Waals surface area contributed by atoms with E-state index >= 15 is 0 Å². The van der Waals surface area contributed by atoms with Crippen LogP contribution in [0.15, 0.2) is 48.5 Å². The molecule has 0 bridgehead atoms. The number of hydrogen-bond donors (Lipinski definition) is 0. The van der Waals surface area contributed by atoms with Gasteiger partial charge in [-0.2, -0.15) is 21.0 Å². The standard InChI is InChI=1S/C24H8F4N4/c25-17-1-13(2-18(26)5-17)21-7-24(16(11-31)12-32)22(8-23(21)15(9-29)10-30)14-3-19(27)6-20(28)4-14/h1-8H. The Morgan fingerprint density at radius 1 is 0.469 bits per heavy atom. The monoisotopic (exact) mass is 428 g/mol. The van der Waals surface area contributed by atoms with Crippen LogP contribution >= 0.6 is 0 Å². The molecule has 0 saturated carbocycles. The normalized spacial score (nSPS) is 9.75. The Bertz CT molecular complexity index is 1370. The van der Waals surface area contributed by atoms with E-state index in [1.54, 1.807) is 24.3 Å². The summed E-state index contributed by atoms with van der Waals surface area (Å²) in [6.45, 7) is 0. The maximum atomic E-state index is 13.9. The average Bonchev–Trinajstić information content (AvgIpc) is 2.74. The van der Waals surface area contributed by atoms with Gasteiger partial charge in [0.25, 0.3) is 0 Å². The molecule has 3 rings (SSSR count). The summed E-state index contributed by atoms with van der Waals surface area (Å²) in [7, 11) is 0. The van der Waals surface area contributed by atoms with Gasteiger partial charge >= 0.3 is 0 Å². The van der Waals surface area contributed by atoms with Crippen molar-refractivity contribution in [3.63, 3.8) is 0 Å². The second kappa shape index (κ2) is 8.84. The molecule has 0 heterocycles. The van der Waals surface area contributed by atoms with E-state index in [-0.39, 0.29) is 32.7 Å². The van der Waals surface area contributed by atoms with E-state index in [0.717, 1.165) is 24.3 Å². The Balaban J connectivity index is 2.64. The number of halogens is 4. The molecule has 0 aromatic heterocycles. The summed E-state index contributed by atoms with van der Waals surface area (Å²) in [6, 6.07) is 14.0. The summed E-state index contributed by atoms with van der Waals surface area (Å²) in [5.74, 6) is -3.76. The summed E-state index contributed by atoms with van der Waals surface area (Å²) in [4.78, 5) is 0. The number of rotatable bonds is 2. The SMILES string of the molecule is N#CC(C#N)=c1cc(-c2cc(F)cc(F)c2)c(=C(C#N)C#N)cc1-c1cc(F)cc(F)c1. The van der Waals surface area contributed by atoms with Crippen LogP contribution in [0.4, 0.5) is 17.6 Å². The van der Waals surface area contributed by atoms with E-state index in [4.69, 9.17) is 0 Å². The summed E-state index contributed by atoms with van der Waals surface area (Å²) in [6.07, 6.45) is 0. The zero-order chi connectivity index (χ0) is 23.4. The smallest absolute Gasteiger partial charge is 0.137 e. The highest BCUT2D eigenvalue weighted by atomic mass is 19.1. The van der Waals surface area contributed by atoms with Crippen molar-refractivity contribution in [3.8, 4) is 46.5 Å². The van der Waals surface area contributed by atoms with E-state index in [2.05, 4.69) is 0 Å². The number of nitriles is 4. The third-order valence-electron chi connectivity index (χ3n) is 4.49. The van der Waals surface area contributed by atoms with E-state index in [1.807, 2.05) is 0 Å². The third-order valence-corrected chi connectivity index (χ3v) is 4.49. The molecule has 0 N–H and O–H groups in total. The molecule has 0 radical (unpaired) electrons. The minimum atomic E-state index is -0.941. The second-order valence-corrected chi connectivity index (χ2v) is 6.46. The highest BCUT2D eigenvalue weighted by Crippen LogP contribution is 2.23. The number of hydrogen-bond acceptors (Lipinski definition) is 4. The molecule has 0 unspecified atom stereocenters. The van der Waals surface area contributed by atoms with Gasteiger partial charge in [-0.3, -0.25) is 0 Å². The molecule has 0 saturated heterocycles. The Hall–Kier alpha value is -4.92. The Labute approximate surface area is 179 Å². The summed E-state index contributed by atoms with van der Waals surface area (Å²) >= 11 is 0. The quantitative estimate of drug-likeness (QED) is 0.577. The van der Waals surface area contributed by atoms with Crippen molar-refractivity contribution in [1.29, 1.82) is 21.0 Å². The highest BCUT2D eigenvalue weighted by Gasteiger charge is 2.15. The Morgan fingerprint density at radius 3 is 1.00 bits per heavy atom. The van der Waals surface area contributed by atoms with Crippen LogP contribution < -0.4 is 10.4 Å². The van der Waals surface area contributed by atoms with Gasteiger partial charge in [0.2, 0.25) is 0 Å². The van der Waals surface area contributed by atoms with E-state index < -0.39 is 34.4 Å². The number of nitrogens with zero attached hydrogens (tertiary/aromatic N) is 4. The van der Waals surface area contributed by atoms with E-state index in [0.29, 0.717) is 12.1 Å². The minimum absolute atomic E-state index is 0.0277. The van der Waals surface area contributed by atoms with Crippen LogP contribution in [-0.4, -0.2) is 0 Å². The average molecular weight is 428 g/mol.